The maximum atomic E-state index is 13.1. The number of nitrogens with one attached hydrogen (secondary N) is 1. The van der Waals surface area contributed by atoms with Crippen LogP contribution in [0.1, 0.15) is 22.8 Å². The van der Waals surface area contributed by atoms with E-state index in [1.165, 1.54) is 6.20 Å². The summed E-state index contributed by atoms with van der Waals surface area (Å²) in [5.41, 5.74) is 1.96. The van der Waals surface area contributed by atoms with Crippen LogP contribution in [0, 0.1) is 0 Å². The third-order valence-electron chi connectivity index (χ3n) is 4.63. The number of rotatable bonds is 4. The summed E-state index contributed by atoms with van der Waals surface area (Å²) < 4.78 is 1.58. The van der Waals surface area contributed by atoms with Crippen LogP contribution in [0.15, 0.2) is 53.5 Å². The van der Waals surface area contributed by atoms with Crippen molar-refractivity contribution in [2.24, 2.45) is 0 Å². The van der Waals surface area contributed by atoms with Crippen LogP contribution < -0.4 is 5.56 Å². The Kier molecular flexibility index (Phi) is 4.83. The molecular formula is C20H16Cl2N4O2. The Morgan fingerprint density at radius 1 is 1.18 bits per heavy atom. The van der Waals surface area contributed by atoms with E-state index in [1.807, 2.05) is 19.1 Å². The zero-order valence-electron chi connectivity index (χ0n) is 14.9. The summed E-state index contributed by atoms with van der Waals surface area (Å²) in [6.07, 6.45) is 1.48. The van der Waals surface area contributed by atoms with Gasteiger partial charge < -0.3 is 9.88 Å². The molecule has 1 N–H and O–H groups in total. The summed E-state index contributed by atoms with van der Waals surface area (Å²) in [5.74, 6) is -0.227. The Labute approximate surface area is 170 Å². The number of nitrogens with zero attached hydrogens (tertiary/aromatic N) is 3. The van der Waals surface area contributed by atoms with Crippen molar-refractivity contribution < 1.29 is 4.79 Å². The molecule has 0 saturated heterocycles. The number of hydrogen-bond acceptors (Lipinski definition) is 3. The zero-order valence-corrected chi connectivity index (χ0v) is 16.5. The molecule has 0 unspecified atom stereocenters. The number of amides is 1. The van der Waals surface area contributed by atoms with Crippen LogP contribution in [0.25, 0.3) is 16.6 Å². The van der Waals surface area contributed by atoms with Crippen LogP contribution >= 0.6 is 23.2 Å². The number of aromatic nitrogens is 3. The number of halogens is 2. The number of carbonyl (C=O) groups is 1. The van der Waals surface area contributed by atoms with Crippen molar-refractivity contribution in [2.45, 2.75) is 13.5 Å². The molecule has 2 aromatic carbocycles. The van der Waals surface area contributed by atoms with Gasteiger partial charge in [-0.15, -0.1) is 0 Å². The van der Waals surface area contributed by atoms with E-state index in [1.54, 1.807) is 39.7 Å². The topological polar surface area (TPSA) is 70.5 Å². The van der Waals surface area contributed by atoms with Gasteiger partial charge in [-0.3, -0.25) is 9.59 Å². The second kappa shape index (κ2) is 7.30. The van der Waals surface area contributed by atoms with E-state index >= 15 is 0 Å². The molecule has 2 aromatic heterocycles. The first kappa shape index (κ1) is 18.5. The fraction of sp³-hybridized carbons (Fsp3) is 0.150. The van der Waals surface area contributed by atoms with E-state index < -0.39 is 0 Å². The fourth-order valence-corrected chi connectivity index (χ4v) is 3.51. The molecule has 28 heavy (non-hydrogen) atoms. The largest absolute Gasteiger partial charge is 0.334 e. The van der Waals surface area contributed by atoms with Gasteiger partial charge in [0.05, 0.1) is 27.1 Å². The van der Waals surface area contributed by atoms with E-state index in [-0.39, 0.29) is 11.5 Å². The van der Waals surface area contributed by atoms with E-state index in [4.69, 9.17) is 23.2 Å². The number of benzene rings is 2. The number of carbonyl (C=O) groups excluding carboxylic acids is 1. The Morgan fingerprint density at radius 2 is 1.96 bits per heavy atom. The molecule has 8 heteroatoms. The molecule has 4 aromatic rings. The summed E-state index contributed by atoms with van der Waals surface area (Å²) in [6, 6.07) is 12.4. The van der Waals surface area contributed by atoms with Gasteiger partial charge in [0.25, 0.3) is 11.5 Å². The summed E-state index contributed by atoms with van der Waals surface area (Å²) in [5, 5.41) is 5.74. The molecule has 2 heterocycles. The second-order valence-corrected chi connectivity index (χ2v) is 7.17. The highest BCUT2D eigenvalue weighted by Crippen LogP contribution is 2.24. The number of hydrogen-bond donors (Lipinski definition) is 1. The molecule has 0 aliphatic carbocycles. The molecule has 0 fully saturated rings. The monoisotopic (exact) mass is 414 g/mol. The Morgan fingerprint density at radius 3 is 2.71 bits per heavy atom. The number of fused-ring (bicyclic) bond motifs is 3. The second-order valence-electron chi connectivity index (χ2n) is 6.36. The van der Waals surface area contributed by atoms with E-state index in [0.717, 1.165) is 5.56 Å². The van der Waals surface area contributed by atoms with Crippen molar-refractivity contribution in [1.82, 2.24) is 19.5 Å². The number of para-hydroxylation sites is 1. The lowest BCUT2D eigenvalue weighted by Crippen LogP contribution is -2.30. The van der Waals surface area contributed by atoms with Crippen molar-refractivity contribution in [3.63, 3.8) is 0 Å². The highest BCUT2D eigenvalue weighted by atomic mass is 35.5. The molecule has 142 valence electrons. The minimum atomic E-state index is -0.259. The van der Waals surface area contributed by atoms with Gasteiger partial charge in [-0.2, -0.15) is 5.10 Å². The number of aromatic amines is 1. The SMILES string of the molecule is CCN(Cc1ccc(Cl)c(Cl)c1)C(=O)c1cnn2c1[nH]c(=O)c1ccccc12. The minimum absolute atomic E-state index is 0.227. The van der Waals surface area contributed by atoms with Crippen LogP contribution in [-0.4, -0.2) is 31.9 Å². The fourth-order valence-electron chi connectivity index (χ4n) is 3.19. The van der Waals surface area contributed by atoms with Crippen molar-refractivity contribution in [2.75, 3.05) is 6.54 Å². The molecule has 1 amide bonds. The normalized spacial score (nSPS) is 11.2. The van der Waals surface area contributed by atoms with E-state index in [9.17, 15) is 9.59 Å². The third kappa shape index (κ3) is 3.15. The van der Waals surface area contributed by atoms with Gasteiger partial charge in [0.15, 0.2) is 0 Å². The van der Waals surface area contributed by atoms with Crippen molar-refractivity contribution >= 4 is 45.7 Å². The lowest BCUT2D eigenvalue weighted by Gasteiger charge is -2.20. The first-order valence-corrected chi connectivity index (χ1v) is 9.47. The van der Waals surface area contributed by atoms with Gasteiger partial charge in [-0.25, -0.2) is 4.52 Å². The van der Waals surface area contributed by atoms with Gasteiger partial charge in [0.2, 0.25) is 0 Å². The predicted octanol–water partition coefficient (Wildman–Crippen LogP) is 4.14. The van der Waals surface area contributed by atoms with Gasteiger partial charge in [0.1, 0.15) is 11.2 Å². The predicted molar refractivity (Wildman–Crippen MR) is 110 cm³/mol. The molecular weight excluding hydrogens is 399 g/mol. The molecule has 0 aliphatic heterocycles. The molecule has 0 atom stereocenters. The molecule has 0 spiro atoms. The summed E-state index contributed by atoms with van der Waals surface area (Å²) in [4.78, 5) is 30.0. The zero-order chi connectivity index (χ0) is 19.8. The van der Waals surface area contributed by atoms with Crippen LogP contribution in [0.4, 0.5) is 0 Å². The summed E-state index contributed by atoms with van der Waals surface area (Å²) >= 11 is 12.0. The van der Waals surface area contributed by atoms with Crippen LogP contribution in [0.5, 0.6) is 0 Å². The lowest BCUT2D eigenvalue weighted by atomic mass is 10.2. The lowest BCUT2D eigenvalue weighted by molar-refractivity contribution is 0.0754. The Bertz CT molecular complexity index is 1260. The molecule has 0 bridgehead atoms. The third-order valence-corrected chi connectivity index (χ3v) is 5.37. The molecule has 6 nitrogen and oxygen atoms in total. The van der Waals surface area contributed by atoms with E-state index in [2.05, 4.69) is 10.1 Å². The first-order valence-electron chi connectivity index (χ1n) is 8.71. The van der Waals surface area contributed by atoms with Crippen LogP contribution in [0.2, 0.25) is 10.0 Å². The van der Waals surface area contributed by atoms with E-state index in [0.29, 0.717) is 45.2 Å². The van der Waals surface area contributed by atoms with Crippen molar-refractivity contribution in [1.29, 1.82) is 0 Å². The Hall–Kier alpha value is -2.83. The molecule has 0 saturated carbocycles. The standard InChI is InChI=1S/C20H16Cl2N4O2/c1-2-25(11-12-7-8-15(21)16(22)9-12)20(28)14-10-23-26-17-6-4-3-5-13(17)19(27)24-18(14)26/h3-10H,2,11H2,1H3,(H,24,27). The minimum Gasteiger partial charge on any atom is -0.334 e. The van der Waals surface area contributed by atoms with Gasteiger partial charge in [-0.05, 0) is 36.8 Å². The maximum absolute atomic E-state index is 13.1. The van der Waals surface area contributed by atoms with Gasteiger partial charge in [0, 0.05) is 13.1 Å². The quantitative estimate of drug-likeness (QED) is 0.545. The molecule has 0 radical (unpaired) electrons. The Balaban J connectivity index is 1.74. The van der Waals surface area contributed by atoms with Gasteiger partial charge in [-0.1, -0.05) is 41.4 Å². The summed E-state index contributed by atoms with van der Waals surface area (Å²) in [7, 11) is 0. The smallest absolute Gasteiger partial charge is 0.259 e. The maximum Gasteiger partial charge on any atom is 0.259 e. The highest BCUT2D eigenvalue weighted by Gasteiger charge is 2.21. The molecule has 4 rings (SSSR count). The van der Waals surface area contributed by atoms with Crippen molar-refractivity contribution in [3.05, 3.63) is 80.2 Å². The first-order chi connectivity index (χ1) is 13.5. The van der Waals surface area contributed by atoms with Crippen LogP contribution in [0.3, 0.4) is 0 Å². The van der Waals surface area contributed by atoms with Gasteiger partial charge >= 0.3 is 0 Å². The van der Waals surface area contributed by atoms with Crippen LogP contribution in [-0.2, 0) is 6.54 Å². The van der Waals surface area contributed by atoms with Crippen molar-refractivity contribution in [3.8, 4) is 0 Å². The number of H-pyrrole nitrogens is 1. The average Bonchev–Trinajstić information content (AvgIpc) is 3.12. The highest BCUT2D eigenvalue weighted by molar-refractivity contribution is 6.42. The summed E-state index contributed by atoms with van der Waals surface area (Å²) in [6.45, 7) is 2.73. The average molecular weight is 415 g/mol. The molecule has 0 aliphatic rings.